The Labute approximate surface area is 206 Å². The summed E-state index contributed by atoms with van der Waals surface area (Å²) in [5.74, 6) is 0.622. The summed E-state index contributed by atoms with van der Waals surface area (Å²) in [6.45, 7) is 0.241. The number of hydrogen-bond donors (Lipinski definition) is 1. The van der Waals surface area contributed by atoms with E-state index in [0.29, 0.717) is 16.3 Å². The van der Waals surface area contributed by atoms with E-state index in [1.165, 1.54) is 16.7 Å². The highest BCUT2D eigenvalue weighted by molar-refractivity contribution is 7.92. The van der Waals surface area contributed by atoms with Gasteiger partial charge in [0.1, 0.15) is 16.6 Å². The Morgan fingerprint density at radius 2 is 1.77 bits per heavy atom. The third-order valence-electron chi connectivity index (χ3n) is 5.73. The Kier molecular flexibility index (Phi) is 5.92. The molecule has 7 nitrogen and oxygen atoms in total. The third-order valence-corrected chi connectivity index (χ3v) is 7.39. The number of aromatic nitrogens is 2. The minimum Gasteiger partial charge on any atom is -0.497 e. The molecule has 0 atom stereocenters. The summed E-state index contributed by atoms with van der Waals surface area (Å²) in [5, 5.41) is 3.69. The van der Waals surface area contributed by atoms with Crippen LogP contribution >= 0.6 is 11.6 Å². The lowest BCUT2D eigenvalue weighted by atomic mass is 10.1. The highest BCUT2D eigenvalue weighted by Gasteiger charge is 2.17. The lowest BCUT2D eigenvalue weighted by molar-refractivity contribution is 0.415. The van der Waals surface area contributed by atoms with Crippen molar-refractivity contribution in [3.63, 3.8) is 0 Å². The second kappa shape index (κ2) is 9.05. The van der Waals surface area contributed by atoms with Crippen LogP contribution in [0, 0.1) is 0 Å². The highest BCUT2D eigenvalue weighted by Crippen LogP contribution is 2.25. The van der Waals surface area contributed by atoms with E-state index in [9.17, 15) is 13.2 Å². The summed E-state index contributed by atoms with van der Waals surface area (Å²) in [6.07, 6.45) is 3.24. The maximum atomic E-state index is 13.1. The summed E-state index contributed by atoms with van der Waals surface area (Å²) < 4.78 is 35.3. The molecule has 0 aliphatic heterocycles. The first-order valence-corrected chi connectivity index (χ1v) is 12.5. The molecule has 0 saturated carbocycles. The number of hydrogen-bond acceptors (Lipinski definition) is 5. The van der Waals surface area contributed by atoms with Crippen molar-refractivity contribution in [1.82, 2.24) is 9.55 Å². The van der Waals surface area contributed by atoms with E-state index in [1.807, 2.05) is 30.3 Å². The number of anilines is 1. The first-order valence-electron chi connectivity index (χ1n) is 10.7. The Balaban J connectivity index is 1.45. The predicted molar refractivity (Wildman–Crippen MR) is 138 cm³/mol. The molecule has 0 unspecified atom stereocenters. The van der Waals surface area contributed by atoms with Gasteiger partial charge in [-0.1, -0.05) is 35.9 Å². The zero-order valence-corrected chi connectivity index (χ0v) is 20.2. The molecule has 0 spiro atoms. The number of pyridine rings is 2. The average Bonchev–Trinajstić information content (AvgIpc) is 2.86. The van der Waals surface area contributed by atoms with Crippen molar-refractivity contribution in [2.75, 3.05) is 11.8 Å². The predicted octanol–water partition coefficient (Wildman–Crippen LogP) is 5.06. The van der Waals surface area contributed by atoms with Crippen LogP contribution in [0.2, 0.25) is 5.15 Å². The van der Waals surface area contributed by atoms with E-state index in [0.717, 1.165) is 21.7 Å². The molecule has 0 bridgehead atoms. The number of methoxy groups -OCH3 is 1. The van der Waals surface area contributed by atoms with Gasteiger partial charge in [0, 0.05) is 17.8 Å². The van der Waals surface area contributed by atoms with Gasteiger partial charge in [-0.3, -0.25) is 9.52 Å². The molecule has 0 saturated heterocycles. The fourth-order valence-electron chi connectivity index (χ4n) is 3.91. The number of benzene rings is 3. The van der Waals surface area contributed by atoms with E-state index in [1.54, 1.807) is 49.8 Å². The molecular formula is C26H20ClN3O4S. The minimum atomic E-state index is -4.00. The third kappa shape index (κ3) is 4.58. The summed E-state index contributed by atoms with van der Waals surface area (Å²) >= 11 is 6.21. The van der Waals surface area contributed by atoms with E-state index >= 15 is 0 Å². The molecule has 0 fully saturated rings. The van der Waals surface area contributed by atoms with Crippen molar-refractivity contribution in [3.05, 3.63) is 106 Å². The Bertz CT molecular complexity index is 1750. The first kappa shape index (κ1) is 22.9. The van der Waals surface area contributed by atoms with Crippen molar-refractivity contribution in [2.45, 2.75) is 11.4 Å². The Hall–Kier alpha value is -3.88. The quantitative estimate of drug-likeness (QED) is 0.326. The van der Waals surface area contributed by atoms with Crippen LogP contribution in [0.5, 0.6) is 5.75 Å². The van der Waals surface area contributed by atoms with E-state index in [4.69, 9.17) is 16.3 Å². The van der Waals surface area contributed by atoms with E-state index in [2.05, 4.69) is 9.71 Å². The second-order valence-electron chi connectivity index (χ2n) is 7.99. The van der Waals surface area contributed by atoms with Gasteiger partial charge in [-0.15, -0.1) is 0 Å². The van der Waals surface area contributed by atoms with Crippen molar-refractivity contribution >= 4 is 48.9 Å². The molecule has 5 rings (SSSR count). The zero-order valence-electron chi connectivity index (χ0n) is 18.6. The fourth-order valence-corrected chi connectivity index (χ4v) is 5.23. The molecule has 0 aliphatic carbocycles. The van der Waals surface area contributed by atoms with Crippen molar-refractivity contribution in [2.24, 2.45) is 0 Å². The van der Waals surface area contributed by atoms with Gasteiger partial charge in [-0.25, -0.2) is 13.4 Å². The number of ether oxygens (including phenoxy) is 1. The van der Waals surface area contributed by atoms with Gasteiger partial charge in [-0.2, -0.15) is 0 Å². The van der Waals surface area contributed by atoms with E-state index < -0.39 is 15.6 Å². The molecule has 2 aromatic heterocycles. The molecule has 0 aliphatic rings. The SMILES string of the molecule is COc1ccc2ccc(S(=O)(=O)Nc3cccn(Cc4ccc5ccnc(Cl)c5c4)c3=O)cc2c1. The van der Waals surface area contributed by atoms with Gasteiger partial charge >= 0.3 is 0 Å². The molecule has 35 heavy (non-hydrogen) atoms. The van der Waals surface area contributed by atoms with Gasteiger partial charge in [-0.05, 0) is 70.3 Å². The van der Waals surface area contributed by atoms with Crippen LogP contribution in [-0.2, 0) is 16.6 Å². The van der Waals surface area contributed by atoms with Gasteiger partial charge in [0.15, 0.2) is 0 Å². The number of fused-ring (bicyclic) bond motifs is 2. The maximum Gasteiger partial charge on any atom is 0.275 e. The molecule has 0 amide bonds. The van der Waals surface area contributed by atoms with Crippen LogP contribution in [0.1, 0.15) is 5.56 Å². The number of rotatable bonds is 6. The van der Waals surface area contributed by atoms with Crippen molar-refractivity contribution in [1.29, 1.82) is 0 Å². The van der Waals surface area contributed by atoms with Gasteiger partial charge in [0.05, 0.1) is 18.6 Å². The van der Waals surface area contributed by atoms with Crippen LogP contribution in [-0.4, -0.2) is 25.1 Å². The molecule has 1 N–H and O–H groups in total. The molecule has 0 radical (unpaired) electrons. The zero-order chi connectivity index (χ0) is 24.6. The van der Waals surface area contributed by atoms with Crippen molar-refractivity contribution in [3.8, 4) is 5.75 Å². The minimum absolute atomic E-state index is 0.0428. The smallest absolute Gasteiger partial charge is 0.275 e. The average molecular weight is 506 g/mol. The van der Waals surface area contributed by atoms with Crippen molar-refractivity contribution < 1.29 is 13.2 Å². The summed E-state index contributed by atoms with van der Waals surface area (Å²) in [7, 11) is -2.45. The highest BCUT2D eigenvalue weighted by atomic mass is 35.5. The van der Waals surface area contributed by atoms with Crippen LogP contribution in [0.15, 0.2) is 94.9 Å². The van der Waals surface area contributed by atoms with Crippen LogP contribution < -0.4 is 15.0 Å². The largest absolute Gasteiger partial charge is 0.497 e. The Morgan fingerprint density at radius 1 is 0.971 bits per heavy atom. The maximum absolute atomic E-state index is 13.1. The monoisotopic (exact) mass is 505 g/mol. The lowest BCUT2D eigenvalue weighted by Crippen LogP contribution is -2.26. The second-order valence-corrected chi connectivity index (χ2v) is 10.0. The number of nitrogens with one attached hydrogen (secondary N) is 1. The normalized spacial score (nSPS) is 11.6. The van der Waals surface area contributed by atoms with Gasteiger partial charge in [0.2, 0.25) is 0 Å². The number of sulfonamides is 1. The molecule has 9 heteroatoms. The van der Waals surface area contributed by atoms with Crippen LogP contribution in [0.3, 0.4) is 0 Å². The molecular weight excluding hydrogens is 486 g/mol. The number of nitrogens with zero attached hydrogens (tertiary/aromatic N) is 2. The number of halogens is 1. The summed E-state index contributed by atoms with van der Waals surface area (Å²) in [6, 6.07) is 20.8. The molecule has 5 aromatic rings. The first-order chi connectivity index (χ1) is 16.8. The standard InChI is InChI=1S/C26H20ClN3O4S/c1-34-21-8-6-18-7-9-22(15-20(18)14-21)35(32,33)29-24-3-2-12-30(26(24)31)16-17-4-5-19-10-11-28-25(27)23(19)13-17/h2-15,29H,16H2,1H3. The Morgan fingerprint density at radius 3 is 2.60 bits per heavy atom. The topological polar surface area (TPSA) is 90.3 Å². The molecule has 176 valence electrons. The van der Waals surface area contributed by atoms with Crippen LogP contribution in [0.25, 0.3) is 21.5 Å². The fraction of sp³-hybridized carbons (Fsp3) is 0.0769. The molecule has 2 heterocycles. The summed E-state index contributed by atoms with van der Waals surface area (Å²) in [5.41, 5.74) is 0.327. The van der Waals surface area contributed by atoms with Gasteiger partial charge < -0.3 is 9.30 Å². The summed E-state index contributed by atoms with van der Waals surface area (Å²) in [4.78, 5) is 17.2. The van der Waals surface area contributed by atoms with Gasteiger partial charge in [0.25, 0.3) is 15.6 Å². The van der Waals surface area contributed by atoms with E-state index in [-0.39, 0.29) is 17.1 Å². The lowest BCUT2D eigenvalue weighted by Gasteiger charge is -2.12. The molecule has 3 aromatic carbocycles. The van der Waals surface area contributed by atoms with Crippen LogP contribution in [0.4, 0.5) is 5.69 Å².